The molecule has 9 heteroatoms. The Morgan fingerprint density at radius 1 is 0.759 bits per heavy atom. The minimum absolute atomic E-state index is 0.275. The van der Waals surface area contributed by atoms with Crippen LogP contribution in [0.15, 0.2) is 146 Å². The summed E-state index contributed by atoms with van der Waals surface area (Å²) in [5.41, 5.74) is 6.59. The van der Waals surface area contributed by atoms with Gasteiger partial charge in [0.25, 0.3) is 0 Å². The highest BCUT2D eigenvalue weighted by Crippen LogP contribution is 2.43. The highest BCUT2D eigenvalue weighted by atomic mass is 16.5. The molecule has 0 unspecified atom stereocenters. The Balaban J connectivity index is 1.30. The molecule has 9 nitrogen and oxygen atoms in total. The topological polar surface area (TPSA) is 98.9 Å². The summed E-state index contributed by atoms with van der Waals surface area (Å²) >= 11 is 0. The van der Waals surface area contributed by atoms with Gasteiger partial charge in [-0.2, -0.15) is 0 Å². The van der Waals surface area contributed by atoms with Gasteiger partial charge >= 0.3 is 5.97 Å². The van der Waals surface area contributed by atoms with E-state index in [2.05, 4.69) is 138 Å². The number of ether oxygens (including phenoxy) is 1. The van der Waals surface area contributed by atoms with Crippen molar-refractivity contribution < 1.29 is 9.53 Å². The minimum atomic E-state index is -0.874. The van der Waals surface area contributed by atoms with Crippen molar-refractivity contribution in [2.45, 2.75) is 39.8 Å². The van der Waals surface area contributed by atoms with Crippen LogP contribution in [0.2, 0.25) is 0 Å². The summed E-state index contributed by atoms with van der Waals surface area (Å²) in [7, 11) is 0. The van der Waals surface area contributed by atoms with E-state index in [1.165, 1.54) is 0 Å². The summed E-state index contributed by atoms with van der Waals surface area (Å²) in [4.78, 5) is 24.1. The first-order valence-electron chi connectivity index (χ1n) is 18.3. The minimum Gasteiger partial charge on any atom is -0.462 e. The van der Waals surface area contributed by atoms with E-state index in [1.54, 1.807) is 13.1 Å². The fourth-order valence-corrected chi connectivity index (χ4v) is 7.14. The Morgan fingerprint density at radius 2 is 1.31 bits per heavy atom. The average Bonchev–Trinajstić information content (AvgIpc) is 3.69. The van der Waals surface area contributed by atoms with Crippen molar-refractivity contribution in [3.63, 3.8) is 0 Å². The molecular formula is C45H43N7O2. The van der Waals surface area contributed by atoms with E-state index in [9.17, 15) is 4.79 Å². The van der Waals surface area contributed by atoms with E-state index < -0.39 is 11.5 Å². The van der Waals surface area contributed by atoms with E-state index >= 15 is 0 Å². The van der Waals surface area contributed by atoms with Crippen LogP contribution in [0.4, 0.5) is 5.82 Å². The summed E-state index contributed by atoms with van der Waals surface area (Å²) in [5.74, 6) is 1.71. The van der Waals surface area contributed by atoms with Crippen molar-refractivity contribution in [1.29, 1.82) is 0 Å². The Kier molecular flexibility index (Phi) is 10.7. The number of carbonyl (C=O) groups is 1. The van der Waals surface area contributed by atoms with Gasteiger partial charge in [0.15, 0.2) is 5.82 Å². The standard InChI is InChI=1S/C45H43N7O2/c1-5-54-44(53)41-29-46-33(4)47-42(41)51(30-32(2)3)31-34-25-27-35(28-26-34)39-23-15-16-24-40(39)43-48-49-50-52(43)45(36-17-9-6-10-18-36,37-19-11-7-12-20-37)38-21-13-8-14-22-38/h6-29,32H,5,30-31H2,1-4H3. The van der Waals surface area contributed by atoms with Gasteiger partial charge in [-0.1, -0.05) is 153 Å². The molecule has 2 heterocycles. The van der Waals surface area contributed by atoms with Crippen LogP contribution in [-0.4, -0.2) is 49.3 Å². The van der Waals surface area contributed by atoms with Crippen LogP contribution in [-0.2, 0) is 16.8 Å². The molecule has 270 valence electrons. The molecule has 0 spiro atoms. The maximum absolute atomic E-state index is 12.9. The highest BCUT2D eigenvalue weighted by molar-refractivity contribution is 5.94. The zero-order valence-electron chi connectivity index (χ0n) is 31.0. The molecule has 0 bridgehead atoms. The van der Waals surface area contributed by atoms with Crippen LogP contribution < -0.4 is 4.90 Å². The zero-order chi connectivity index (χ0) is 37.5. The maximum atomic E-state index is 12.9. The quantitative estimate of drug-likeness (QED) is 0.0864. The highest BCUT2D eigenvalue weighted by Gasteiger charge is 2.42. The molecule has 7 rings (SSSR count). The second-order valence-corrected chi connectivity index (χ2v) is 13.6. The Bertz CT molecular complexity index is 2210. The van der Waals surface area contributed by atoms with Crippen molar-refractivity contribution in [2.24, 2.45) is 5.92 Å². The van der Waals surface area contributed by atoms with Crippen molar-refractivity contribution in [2.75, 3.05) is 18.1 Å². The van der Waals surface area contributed by atoms with Gasteiger partial charge in [0.1, 0.15) is 22.7 Å². The van der Waals surface area contributed by atoms with Gasteiger partial charge in [-0.05, 0) is 63.6 Å². The zero-order valence-corrected chi connectivity index (χ0v) is 31.0. The molecule has 0 aliphatic rings. The second-order valence-electron chi connectivity index (χ2n) is 13.6. The maximum Gasteiger partial charge on any atom is 0.343 e. The summed E-state index contributed by atoms with van der Waals surface area (Å²) in [6.45, 7) is 9.46. The summed E-state index contributed by atoms with van der Waals surface area (Å²) in [6.07, 6.45) is 1.57. The lowest BCUT2D eigenvalue weighted by molar-refractivity contribution is 0.0526. The van der Waals surface area contributed by atoms with Crippen LogP contribution in [0, 0.1) is 12.8 Å². The fraction of sp³-hybridized carbons (Fsp3) is 0.200. The predicted octanol–water partition coefficient (Wildman–Crippen LogP) is 8.79. The van der Waals surface area contributed by atoms with Crippen LogP contribution in [0.1, 0.15) is 59.2 Å². The van der Waals surface area contributed by atoms with E-state index in [-0.39, 0.29) is 6.61 Å². The summed E-state index contributed by atoms with van der Waals surface area (Å²) in [5, 5.41) is 13.8. The molecule has 2 aromatic heterocycles. The van der Waals surface area contributed by atoms with E-state index in [4.69, 9.17) is 20.0 Å². The third kappa shape index (κ3) is 7.13. The number of tetrazole rings is 1. The lowest BCUT2D eigenvalue weighted by Gasteiger charge is -2.36. The number of anilines is 1. The molecule has 0 atom stereocenters. The van der Waals surface area contributed by atoms with Gasteiger partial charge in [0.2, 0.25) is 0 Å². The lowest BCUT2D eigenvalue weighted by atomic mass is 9.77. The Morgan fingerprint density at radius 3 is 1.87 bits per heavy atom. The number of benzene rings is 5. The Hall–Kier alpha value is -6.48. The van der Waals surface area contributed by atoms with Gasteiger partial charge in [-0.3, -0.25) is 0 Å². The molecule has 0 N–H and O–H groups in total. The first-order valence-corrected chi connectivity index (χ1v) is 18.3. The molecule has 0 radical (unpaired) electrons. The van der Waals surface area contributed by atoms with Gasteiger partial charge in [0.05, 0.1) is 6.61 Å². The number of esters is 1. The molecule has 0 aliphatic carbocycles. The van der Waals surface area contributed by atoms with Crippen LogP contribution in [0.25, 0.3) is 22.5 Å². The number of carbonyl (C=O) groups excluding carboxylic acids is 1. The monoisotopic (exact) mass is 713 g/mol. The fourth-order valence-electron chi connectivity index (χ4n) is 7.14. The van der Waals surface area contributed by atoms with Crippen LogP contribution in [0.5, 0.6) is 0 Å². The van der Waals surface area contributed by atoms with E-state index in [1.807, 2.05) is 41.9 Å². The number of hydrogen-bond donors (Lipinski definition) is 0. The lowest BCUT2D eigenvalue weighted by Crippen LogP contribution is -2.39. The number of nitrogens with zero attached hydrogens (tertiary/aromatic N) is 7. The van der Waals surface area contributed by atoms with Crippen molar-refractivity contribution in [1.82, 2.24) is 30.2 Å². The molecule has 5 aromatic carbocycles. The SMILES string of the molecule is CCOC(=O)c1cnc(C)nc1N(Cc1ccc(-c2ccccc2-c2nnnn2C(c2ccccc2)(c2ccccc2)c2ccccc2)cc1)CC(C)C. The molecule has 7 aromatic rings. The first-order chi connectivity index (χ1) is 26.4. The predicted molar refractivity (Wildman–Crippen MR) is 212 cm³/mol. The molecule has 0 saturated heterocycles. The molecule has 0 fully saturated rings. The number of rotatable bonds is 13. The smallest absolute Gasteiger partial charge is 0.343 e. The molecule has 0 amide bonds. The van der Waals surface area contributed by atoms with Gasteiger partial charge < -0.3 is 9.64 Å². The molecular weight excluding hydrogens is 671 g/mol. The van der Waals surface area contributed by atoms with Gasteiger partial charge in [-0.25, -0.2) is 19.4 Å². The average molecular weight is 714 g/mol. The normalized spacial score (nSPS) is 11.4. The first kappa shape index (κ1) is 35.9. The summed E-state index contributed by atoms with van der Waals surface area (Å²) in [6, 6.07) is 48.0. The number of hydrogen-bond acceptors (Lipinski definition) is 8. The van der Waals surface area contributed by atoms with E-state index in [0.29, 0.717) is 42.0 Å². The third-order valence-electron chi connectivity index (χ3n) is 9.44. The largest absolute Gasteiger partial charge is 0.462 e. The van der Waals surface area contributed by atoms with Crippen LogP contribution >= 0.6 is 0 Å². The van der Waals surface area contributed by atoms with Gasteiger partial charge in [0, 0.05) is 24.8 Å². The Labute approximate surface area is 316 Å². The number of aromatic nitrogens is 6. The van der Waals surface area contributed by atoms with E-state index in [0.717, 1.165) is 38.9 Å². The van der Waals surface area contributed by atoms with Gasteiger partial charge in [-0.15, -0.1) is 5.10 Å². The van der Waals surface area contributed by atoms with Crippen molar-refractivity contribution in [3.8, 4) is 22.5 Å². The molecule has 0 aliphatic heterocycles. The molecule has 0 saturated carbocycles. The van der Waals surface area contributed by atoms with Crippen molar-refractivity contribution in [3.05, 3.63) is 179 Å². The third-order valence-corrected chi connectivity index (χ3v) is 9.44. The van der Waals surface area contributed by atoms with Crippen LogP contribution in [0.3, 0.4) is 0 Å². The summed E-state index contributed by atoms with van der Waals surface area (Å²) < 4.78 is 7.33. The number of aryl methyl sites for hydroxylation is 1. The second kappa shape index (κ2) is 16.0. The van der Waals surface area contributed by atoms with Crippen molar-refractivity contribution >= 4 is 11.8 Å². The molecule has 54 heavy (non-hydrogen) atoms.